The molecule has 0 bridgehead atoms. The van der Waals surface area contributed by atoms with Gasteiger partial charge in [0.2, 0.25) is 0 Å². The molecule has 1 fully saturated rings. The molecule has 1 unspecified atom stereocenters. The zero-order valence-electron chi connectivity index (χ0n) is 11.3. The second kappa shape index (κ2) is 7.25. The van der Waals surface area contributed by atoms with Gasteiger partial charge in [0, 0.05) is 25.2 Å². The molecule has 0 aromatic rings. The minimum absolute atomic E-state index is 0.564. The van der Waals surface area contributed by atoms with Gasteiger partial charge in [-0.1, -0.05) is 27.7 Å². The second-order valence-electron chi connectivity index (χ2n) is 5.51. The summed E-state index contributed by atoms with van der Waals surface area (Å²) in [6, 6.07) is 1.13. The standard InChI is InChI=1S/C13H28N2O/c1-11(2)5-6-15-7-8-16-10-13(15)9-14-12(3)4/h11-14H,5-10H2,1-4H3. The van der Waals surface area contributed by atoms with E-state index in [1.54, 1.807) is 0 Å². The molecule has 0 saturated carbocycles. The van der Waals surface area contributed by atoms with E-state index < -0.39 is 0 Å². The van der Waals surface area contributed by atoms with Gasteiger partial charge in [0.25, 0.3) is 0 Å². The van der Waals surface area contributed by atoms with Crippen molar-refractivity contribution in [1.29, 1.82) is 0 Å². The summed E-state index contributed by atoms with van der Waals surface area (Å²) in [7, 11) is 0. The first-order chi connectivity index (χ1) is 7.59. The van der Waals surface area contributed by atoms with E-state index in [9.17, 15) is 0 Å². The number of nitrogens with zero attached hydrogens (tertiary/aromatic N) is 1. The predicted octanol–water partition coefficient (Wildman–Crippen LogP) is 1.73. The third-order valence-corrected chi connectivity index (χ3v) is 3.10. The van der Waals surface area contributed by atoms with Crippen LogP contribution in [0, 0.1) is 5.92 Å². The van der Waals surface area contributed by atoms with Crippen molar-refractivity contribution in [2.45, 2.75) is 46.2 Å². The van der Waals surface area contributed by atoms with Gasteiger partial charge in [-0.05, 0) is 18.9 Å². The fourth-order valence-electron chi connectivity index (χ4n) is 1.97. The molecular formula is C13H28N2O. The molecule has 0 aromatic heterocycles. The number of ether oxygens (including phenoxy) is 1. The molecule has 3 nitrogen and oxygen atoms in total. The lowest BCUT2D eigenvalue weighted by Crippen LogP contribution is -2.51. The lowest BCUT2D eigenvalue weighted by molar-refractivity contribution is -0.00902. The van der Waals surface area contributed by atoms with Crippen LogP contribution in [-0.2, 0) is 4.74 Å². The van der Waals surface area contributed by atoms with E-state index >= 15 is 0 Å². The van der Waals surface area contributed by atoms with Crippen molar-refractivity contribution in [2.24, 2.45) is 5.92 Å². The average Bonchev–Trinajstić information content (AvgIpc) is 2.24. The van der Waals surface area contributed by atoms with Crippen LogP contribution < -0.4 is 5.32 Å². The summed E-state index contributed by atoms with van der Waals surface area (Å²) in [5, 5.41) is 3.51. The maximum Gasteiger partial charge on any atom is 0.0634 e. The molecule has 0 radical (unpaired) electrons. The highest BCUT2D eigenvalue weighted by molar-refractivity contribution is 4.78. The maximum atomic E-state index is 5.57. The quantitative estimate of drug-likeness (QED) is 0.749. The van der Waals surface area contributed by atoms with Crippen LogP contribution in [0.2, 0.25) is 0 Å². The average molecular weight is 228 g/mol. The Morgan fingerprint density at radius 2 is 2.06 bits per heavy atom. The summed E-state index contributed by atoms with van der Waals surface area (Å²) >= 11 is 0. The summed E-state index contributed by atoms with van der Waals surface area (Å²) in [5.41, 5.74) is 0. The Labute approximate surface area is 101 Å². The van der Waals surface area contributed by atoms with Gasteiger partial charge in [-0.15, -0.1) is 0 Å². The zero-order chi connectivity index (χ0) is 12.0. The van der Waals surface area contributed by atoms with E-state index in [4.69, 9.17) is 4.74 Å². The van der Waals surface area contributed by atoms with Crippen LogP contribution in [0.25, 0.3) is 0 Å². The van der Waals surface area contributed by atoms with Crippen molar-refractivity contribution in [2.75, 3.05) is 32.8 Å². The van der Waals surface area contributed by atoms with Crippen LogP contribution in [0.1, 0.15) is 34.1 Å². The maximum absolute atomic E-state index is 5.57. The fraction of sp³-hybridized carbons (Fsp3) is 1.00. The topological polar surface area (TPSA) is 24.5 Å². The first-order valence-electron chi connectivity index (χ1n) is 6.64. The third-order valence-electron chi connectivity index (χ3n) is 3.10. The Hall–Kier alpha value is -0.120. The van der Waals surface area contributed by atoms with Gasteiger partial charge in [-0.2, -0.15) is 0 Å². The first kappa shape index (κ1) is 13.9. The van der Waals surface area contributed by atoms with Crippen LogP contribution in [-0.4, -0.2) is 49.8 Å². The molecule has 1 saturated heterocycles. The molecule has 16 heavy (non-hydrogen) atoms. The van der Waals surface area contributed by atoms with Gasteiger partial charge in [0.1, 0.15) is 0 Å². The summed E-state index contributed by atoms with van der Waals surface area (Å²) < 4.78 is 5.57. The SMILES string of the molecule is CC(C)CCN1CCOCC1CNC(C)C. The highest BCUT2D eigenvalue weighted by atomic mass is 16.5. The van der Waals surface area contributed by atoms with E-state index in [1.807, 2.05) is 0 Å². The number of rotatable bonds is 6. The Balaban J connectivity index is 2.31. The smallest absolute Gasteiger partial charge is 0.0634 e. The number of hydrogen-bond donors (Lipinski definition) is 1. The molecule has 1 aliphatic heterocycles. The van der Waals surface area contributed by atoms with Gasteiger partial charge < -0.3 is 10.1 Å². The monoisotopic (exact) mass is 228 g/mol. The number of hydrogen-bond acceptors (Lipinski definition) is 3. The van der Waals surface area contributed by atoms with Gasteiger partial charge in [-0.25, -0.2) is 0 Å². The lowest BCUT2D eigenvalue weighted by Gasteiger charge is -2.36. The van der Waals surface area contributed by atoms with Crippen LogP contribution in [0.15, 0.2) is 0 Å². The van der Waals surface area contributed by atoms with E-state index in [0.717, 1.165) is 32.2 Å². The van der Waals surface area contributed by atoms with Gasteiger partial charge in [0.15, 0.2) is 0 Å². The second-order valence-corrected chi connectivity index (χ2v) is 5.51. The molecule has 1 aliphatic rings. The van der Waals surface area contributed by atoms with Gasteiger partial charge >= 0.3 is 0 Å². The lowest BCUT2D eigenvalue weighted by atomic mass is 10.1. The first-order valence-corrected chi connectivity index (χ1v) is 6.64. The minimum Gasteiger partial charge on any atom is -0.378 e. The summed E-state index contributed by atoms with van der Waals surface area (Å²) in [6.45, 7) is 14.1. The van der Waals surface area contributed by atoms with Crippen molar-refractivity contribution in [1.82, 2.24) is 10.2 Å². The van der Waals surface area contributed by atoms with E-state index in [2.05, 4.69) is 37.9 Å². The minimum atomic E-state index is 0.564. The highest BCUT2D eigenvalue weighted by Crippen LogP contribution is 2.10. The van der Waals surface area contributed by atoms with Crippen LogP contribution in [0.5, 0.6) is 0 Å². The van der Waals surface area contributed by atoms with Crippen LogP contribution in [0.3, 0.4) is 0 Å². The number of nitrogens with one attached hydrogen (secondary N) is 1. The van der Waals surface area contributed by atoms with Crippen molar-refractivity contribution in [3.8, 4) is 0 Å². The third kappa shape index (κ3) is 5.28. The molecule has 0 aromatic carbocycles. The molecule has 1 rings (SSSR count). The van der Waals surface area contributed by atoms with Gasteiger partial charge in [0.05, 0.1) is 13.2 Å². The van der Waals surface area contributed by atoms with E-state index in [0.29, 0.717) is 12.1 Å². The fourth-order valence-corrected chi connectivity index (χ4v) is 1.97. The highest BCUT2D eigenvalue weighted by Gasteiger charge is 2.22. The van der Waals surface area contributed by atoms with Crippen LogP contribution in [0.4, 0.5) is 0 Å². The molecule has 1 atom stereocenters. The van der Waals surface area contributed by atoms with Crippen LogP contribution >= 0.6 is 0 Å². The van der Waals surface area contributed by atoms with Gasteiger partial charge in [-0.3, -0.25) is 4.90 Å². The van der Waals surface area contributed by atoms with E-state index in [1.165, 1.54) is 13.0 Å². The van der Waals surface area contributed by atoms with Crippen molar-refractivity contribution < 1.29 is 4.74 Å². The molecule has 1 heterocycles. The Kier molecular flexibility index (Phi) is 6.32. The molecule has 3 heteroatoms. The predicted molar refractivity (Wildman–Crippen MR) is 68.8 cm³/mol. The largest absolute Gasteiger partial charge is 0.378 e. The Morgan fingerprint density at radius 1 is 1.31 bits per heavy atom. The van der Waals surface area contributed by atoms with Crippen molar-refractivity contribution in [3.63, 3.8) is 0 Å². The van der Waals surface area contributed by atoms with Crippen molar-refractivity contribution in [3.05, 3.63) is 0 Å². The molecular weight excluding hydrogens is 200 g/mol. The molecule has 1 N–H and O–H groups in total. The zero-order valence-corrected chi connectivity index (χ0v) is 11.3. The van der Waals surface area contributed by atoms with Crippen molar-refractivity contribution >= 4 is 0 Å². The molecule has 0 aliphatic carbocycles. The molecule has 0 amide bonds. The summed E-state index contributed by atoms with van der Waals surface area (Å²) in [6.07, 6.45) is 1.29. The number of morpholine rings is 1. The molecule has 0 spiro atoms. The normalized spacial score (nSPS) is 23.2. The summed E-state index contributed by atoms with van der Waals surface area (Å²) in [4.78, 5) is 2.58. The van der Waals surface area contributed by atoms with E-state index in [-0.39, 0.29) is 0 Å². The Morgan fingerprint density at radius 3 is 2.69 bits per heavy atom. The Bertz CT molecular complexity index is 163. The molecule has 96 valence electrons. The summed E-state index contributed by atoms with van der Waals surface area (Å²) in [5.74, 6) is 0.793.